The molecule has 0 aliphatic heterocycles. The van der Waals surface area contributed by atoms with Crippen LogP contribution in [0, 0.1) is 29.1 Å². The lowest BCUT2D eigenvalue weighted by atomic mass is 9.95. The average molecular weight is 521 g/mol. The Morgan fingerprint density at radius 3 is 1.76 bits per heavy atom. The van der Waals surface area contributed by atoms with Gasteiger partial charge in [-0.05, 0) is 71.7 Å². The van der Waals surface area contributed by atoms with Crippen molar-refractivity contribution in [2.75, 3.05) is 0 Å². The number of fused-ring (bicyclic) bond motifs is 3. The van der Waals surface area contributed by atoms with Crippen LogP contribution in [0.3, 0.4) is 0 Å². The first-order chi connectivity index (χ1) is 18.3. The first kappa shape index (κ1) is 26.1. The monoisotopic (exact) mass is 520 g/mol. The molecule has 5 heteroatoms. The standard InChI is InChI=1S/C33H29F5/c1-3-5-6-8-19-9-12-21(13-10-19)25-17-22-16-23-18-26(24-14-11-20(7-4-2)15-27(24)34)31(36)33(38)29(23)28(22)32(37)30(25)35/h9-15,17-18H,3-8,16H2,1-2H3. The maximum absolute atomic E-state index is 15.4. The van der Waals surface area contributed by atoms with Gasteiger partial charge in [0, 0.05) is 27.8 Å². The number of aryl methyl sites for hydroxylation is 2. The van der Waals surface area contributed by atoms with Gasteiger partial charge in [-0.15, -0.1) is 0 Å². The minimum atomic E-state index is -1.30. The number of benzene rings is 4. The normalized spacial score (nSPS) is 12.1. The molecule has 4 aromatic rings. The van der Waals surface area contributed by atoms with Crippen molar-refractivity contribution in [3.8, 4) is 33.4 Å². The van der Waals surface area contributed by atoms with E-state index in [0.29, 0.717) is 23.1 Å². The molecule has 5 rings (SSSR count). The minimum Gasteiger partial charge on any atom is -0.206 e. The maximum atomic E-state index is 15.4. The Bertz CT molecular complexity index is 1500. The molecule has 0 atom stereocenters. The van der Waals surface area contributed by atoms with Crippen LogP contribution in [0.2, 0.25) is 0 Å². The highest BCUT2D eigenvalue weighted by molar-refractivity contribution is 5.84. The Labute approximate surface area is 220 Å². The predicted octanol–water partition coefficient (Wildman–Crippen LogP) is 9.97. The molecule has 0 bridgehead atoms. The average Bonchev–Trinajstić information content (AvgIpc) is 3.28. The van der Waals surface area contributed by atoms with Gasteiger partial charge >= 0.3 is 0 Å². The van der Waals surface area contributed by atoms with E-state index in [2.05, 4.69) is 6.92 Å². The van der Waals surface area contributed by atoms with E-state index < -0.39 is 29.1 Å². The van der Waals surface area contributed by atoms with E-state index in [9.17, 15) is 4.39 Å². The van der Waals surface area contributed by atoms with Crippen LogP contribution in [0.15, 0.2) is 54.6 Å². The van der Waals surface area contributed by atoms with Crippen molar-refractivity contribution in [2.24, 2.45) is 0 Å². The zero-order valence-corrected chi connectivity index (χ0v) is 21.5. The van der Waals surface area contributed by atoms with Gasteiger partial charge in [-0.3, -0.25) is 0 Å². The predicted molar refractivity (Wildman–Crippen MR) is 143 cm³/mol. The summed E-state index contributed by atoms with van der Waals surface area (Å²) in [5.41, 5.74) is 2.30. The SMILES string of the molecule is CCCCCc1ccc(-c2cc3c(c(F)c2F)-c2c(cc(-c4ccc(CCC)cc4F)c(F)c2F)C3)cc1. The first-order valence-corrected chi connectivity index (χ1v) is 13.2. The van der Waals surface area contributed by atoms with Gasteiger partial charge in [0.2, 0.25) is 0 Å². The second kappa shape index (κ2) is 10.7. The summed E-state index contributed by atoms with van der Waals surface area (Å²) in [6, 6.07) is 14.7. The van der Waals surface area contributed by atoms with E-state index in [1.807, 2.05) is 19.1 Å². The topological polar surface area (TPSA) is 0 Å². The summed E-state index contributed by atoms with van der Waals surface area (Å²) in [7, 11) is 0. The summed E-state index contributed by atoms with van der Waals surface area (Å²) >= 11 is 0. The number of rotatable bonds is 8. The number of unbranched alkanes of at least 4 members (excludes halogenated alkanes) is 2. The molecular formula is C33H29F5. The molecule has 0 amide bonds. The Balaban J connectivity index is 1.53. The Kier molecular flexibility index (Phi) is 7.38. The molecule has 0 spiro atoms. The third kappa shape index (κ3) is 4.63. The van der Waals surface area contributed by atoms with Gasteiger partial charge < -0.3 is 0 Å². The van der Waals surface area contributed by atoms with Crippen molar-refractivity contribution in [3.63, 3.8) is 0 Å². The molecule has 0 unspecified atom stereocenters. The van der Waals surface area contributed by atoms with Crippen LogP contribution in [0.4, 0.5) is 22.0 Å². The van der Waals surface area contributed by atoms with Gasteiger partial charge in [-0.25, -0.2) is 22.0 Å². The molecule has 196 valence electrons. The van der Waals surface area contributed by atoms with E-state index in [0.717, 1.165) is 43.2 Å². The van der Waals surface area contributed by atoms with Crippen molar-refractivity contribution in [1.82, 2.24) is 0 Å². The molecular weight excluding hydrogens is 491 g/mol. The zero-order chi connectivity index (χ0) is 27.0. The van der Waals surface area contributed by atoms with Crippen LogP contribution in [0.1, 0.15) is 61.8 Å². The molecule has 0 nitrogen and oxygen atoms in total. The van der Waals surface area contributed by atoms with Crippen LogP contribution in [-0.2, 0) is 19.3 Å². The van der Waals surface area contributed by atoms with E-state index >= 15 is 17.6 Å². The van der Waals surface area contributed by atoms with Crippen LogP contribution in [-0.4, -0.2) is 0 Å². The van der Waals surface area contributed by atoms with E-state index in [1.54, 1.807) is 18.2 Å². The molecule has 1 aliphatic rings. The molecule has 0 saturated carbocycles. The lowest BCUT2D eigenvalue weighted by Gasteiger charge is -2.13. The fourth-order valence-electron chi connectivity index (χ4n) is 5.44. The van der Waals surface area contributed by atoms with Gasteiger partial charge in [0.15, 0.2) is 23.3 Å². The van der Waals surface area contributed by atoms with Crippen molar-refractivity contribution in [2.45, 2.75) is 58.8 Å². The van der Waals surface area contributed by atoms with Gasteiger partial charge in [0.25, 0.3) is 0 Å². The fraction of sp³-hybridized carbons (Fsp3) is 0.273. The highest BCUT2D eigenvalue weighted by Gasteiger charge is 2.32. The summed E-state index contributed by atoms with van der Waals surface area (Å²) < 4.78 is 76.2. The summed E-state index contributed by atoms with van der Waals surface area (Å²) in [5.74, 6) is -5.53. The molecule has 0 N–H and O–H groups in total. The lowest BCUT2D eigenvalue weighted by Crippen LogP contribution is -2.00. The van der Waals surface area contributed by atoms with E-state index in [1.165, 1.54) is 24.3 Å². The number of hydrogen-bond acceptors (Lipinski definition) is 0. The molecule has 0 saturated heterocycles. The number of hydrogen-bond donors (Lipinski definition) is 0. The number of halogens is 5. The Morgan fingerprint density at radius 1 is 0.553 bits per heavy atom. The molecule has 0 radical (unpaired) electrons. The molecule has 4 aromatic carbocycles. The minimum absolute atomic E-state index is 0.0635. The Hall–Kier alpha value is -3.47. The van der Waals surface area contributed by atoms with Gasteiger partial charge in [-0.2, -0.15) is 0 Å². The van der Waals surface area contributed by atoms with Crippen LogP contribution < -0.4 is 0 Å². The van der Waals surface area contributed by atoms with Crippen molar-refractivity contribution < 1.29 is 22.0 Å². The second-order valence-electron chi connectivity index (χ2n) is 10.1. The zero-order valence-electron chi connectivity index (χ0n) is 21.5. The third-order valence-electron chi connectivity index (χ3n) is 7.40. The van der Waals surface area contributed by atoms with Crippen molar-refractivity contribution in [3.05, 3.63) is 106 Å². The summed E-state index contributed by atoms with van der Waals surface area (Å²) in [6.07, 6.45) is 5.80. The first-order valence-electron chi connectivity index (χ1n) is 13.2. The third-order valence-corrected chi connectivity index (χ3v) is 7.40. The van der Waals surface area contributed by atoms with Crippen LogP contribution >= 0.6 is 0 Å². The molecule has 0 aromatic heterocycles. The molecule has 0 fully saturated rings. The summed E-state index contributed by atoms with van der Waals surface area (Å²) in [6.45, 7) is 4.10. The maximum Gasteiger partial charge on any atom is 0.167 e. The van der Waals surface area contributed by atoms with Crippen LogP contribution in [0.5, 0.6) is 0 Å². The largest absolute Gasteiger partial charge is 0.206 e. The lowest BCUT2D eigenvalue weighted by molar-refractivity contribution is 0.504. The van der Waals surface area contributed by atoms with Gasteiger partial charge in [0.05, 0.1) is 0 Å². The van der Waals surface area contributed by atoms with Crippen LogP contribution in [0.25, 0.3) is 33.4 Å². The van der Waals surface area contributed by atoms with Gasteiger partial charge in [0.1, 0.15) is 5.82 Å². The highest BCUT2D eigenvalue weighted by Crippen LogP contribution is 2.46. The molecule has 0 heterocycles. The van der Waals surface area contributed by atoms with Crippen molar-refractivity contribution >= 4 is 0 Å². The summed E-state index contributed by atoms with van der Waals surface area (Å²) in [5, 5.41) is 0. The quantitative estimate of drug-likeness (QED) is 0.141. The summed E-state index contributed by atoms with van der Waals surface area (Å²) in [4.78, 5) is 0. The second-order valence-corrected chi connectivity index (χ2v) is 10.1. The van der Waals surface area contributed by atoms with Gasteiger partial charge in [-0.1, -0.05) is 69.5 Å². The molecule has 1 aliphatic carbocycles. The van der Waals surface area contributed by atoms with E-state index in [4.69, 9.17) is 0 Å². The Morgan fingerprint density at radius 2 is 1.16 bits per heavy atom. The highest BCUT2D eigenvalue weighted by atomic mass is 19.2. The van der Waals surface area contributed by atoms with E-state index in [-0.39, 0.29) is 34.2 Å². The smallest absolute Gasteiger partial charge is 0.167 e. The fourth-order valence-corrected chi connectivity index (χ4v) is 5.44. The van der Waals surface area contributed by atoms with Crippen molar-refractivity contribution in [1.29, 1.82) is 0 Å². The molecule has 38 heavy (non-hydrogen) atoms.